The standard InChI is InChI=1S/C14H23N3OS/c1-11(10-19-2)9-16-13(8-14(15)17-18)12-6-4-3-5-7-12/h3-7,11,13,16,18H,8-10H2,1-2H3,(H2,15,17). The molecule has 4 N–H and O–H groups in total. The molecule has 0 amide bonds. The monoisotopic (exact) mass is 281 g/mol. The van der Waals surface area contributed by atoms with E-state index >= 15 is 0 Å². The molecule has 0 spiro atoms. The minimum Gasteiger partial charge on any atom is -0.409 e. The highest BCUT2D eigenvalue weighted by molar-refractivity contribution is 7.98. The van der Waals surface area contributed by atoms with Crippen LogP contribution in [0.4, 0.5) is 0 Å². The Balaban J connectivity index is 2.65. The highest BCUT2D eigenvalue weighted by atomic mass is 32.2. The molecule has 1 aromatic carbocycles. The van der Waals surface area contributed by atoms with E-state index in [0.29, 0.717) is 12.3 Å². The zero-order chi connectivity index (χ0) is 14.1. The summed E-state index contributed by atoms with van der Waals surface area (Å²) in [6.45, 7) is 3.13. The van der Waals surface area contributed by atoms with E-state index < -0.39 is 0 Å². The summed E-state index contributed by atoms with van der Waals surface area (Å²) in [6, 6.07) is 10.2. The van der Waals surface area contributed by atoms with Gasteiger partial charge in [-0.25, -0.2) is 0 Å². The van der Waals surface area contributed by atoms with Crippen LogP contribution in [-0.2, 0) is 0 Å². The van der Waals surface area contributed by atoms with Crippen LogP contribution in [0.2, 0.25) is 0 Å². The van der Waals surface area contributed by atoms with Crippen LogP contribution < -0.4 is 11.1 Å². The van der Waals surface area contributed by atoms with E-state index in [0.717, 1.165) is 17.9 Å². The number of hydrogen-bond donors (Lipinski definition) is 3. The van der Waals surface area contributed by atoms with E-state index in [9.17, 15) is 0 Å². The first-order chi connectivity index (χ1) is 9.17. The van der Waals surface area contributed by atoms with Gasteiger partial charge in [0.25, 0.3) is 0 Å². The number of nitrogens with zero attached hydrogens (tertiary/aromatic N) is 1. The molecule has 4 nitrogen and oxygen atoms in total. The fraction of sp³-hybridized carbons (Fsp3) is 0.500. The van der Waals surface area contributed by atoms with E-state index in [4.69, 9.17) is 10.9 Å². The van der Waals surface area contributed by atoms with Crippen molar-refractivity contribution in [1.82, 2.24) is 5.32 Å². The Morgan fingerprint density at radius 3 is 2.68 bits per heavy atom. The third-order valence-electron chi connectivity index (χ3n) is 2.91. The van der Waals surface area contributed by atoms with Crippen molar-refractivity contribution in [3.8, 4) is 0 Å². The Morgan fingerprint density at radius 1 is 1.42 bits per heavy atom. The summed E-state index contributed by atoms with van der Waals surface area (Å²) in [5, 5.41) is 15.3. The summed E-state index contributed by atoms with van der Waals surface area (Å²) >= 11 is 1.85. The van der Waals surface area contributed by atoms with E-state index in [1.165, 1.54) is 0 Å². The van der Waals surface area contributed by atoms with Crippen LogP contribution in [0.25, 0.3) is 0 Å². The Kier molecular flexibility index (Phi) is 7.36. The van der Waals surface area contributed by atoms with Crippen LogP contribution in [0.1, 0.15) is 24.9 Å². The van der Waals surface area contributed by atoms with Crippen LogP contribution in [0.3, 0.4) is 0 Å². The topological polar surface area (TPSA) is 70.6 Å². The third kappa shape index (κ3) is 5.98. The van der Waals surface area contributed by atoms with Crippen LogP contribution >= 0.6 is 11.8 Å². The lowest BCUT2D eigenvalue weighted by atomic mass is 10.0. The second-order valence-corrected chi connectivity index (χ2v) is 5.64. The average Bonchev–Trinajstić information content (AvgIpc) is 2.44. The lowest BCUT2D eigenvalue weighted by Crippen LogP contribution is -2.30. The van der Waals surface area contributed by atoms with Crippen molar-refractivity contribution >= 4 is 17.6 Å². The van der Waals surface area contributed by atoms with Gasteiger partial charge >= 0.3 is 0 Å². The molecule has 106 valence electrons. The van der Waals surface area contributed by atoms with E-state index in [-0.39, 0.29) is 11.9 Å². The van der Waals surface area contributed by atoms with Crippen molar-refractivity contribution in [2.75, 3.05) is 18.6 Å². The Hall–Kier alpha value is -1.20. The molecule has 19 heavy (non-hydrogen) atoms. The van der Waals surface area contributed by atoms with E-state index in [2.05, 4.69) is 35.8 Å². The number of oxime groups is 1. The quantitative estimate of drug-likeness (QED) is 0.296. The van der Waals surface area contributed by atoms with Gasteiger partial charge < -0.3 is 16.3 Å². The van der Waals surface area contributed by atoms with Gasteiger partial charge in [-0.15, -0.1) is 0 Å². The first-order valence-corrected chi connectivity index (χ1v) is 7.80. The number of nitrogens with two attached hydrogens (primary N) is 1. The molecule has 0 aliphatic rings. The van der Waals surface area contributed by atoms with Gasteiger partial charge in [0.05, 0.1) is 0 Å². The smallest absolute Gasteiger partial charge is 0.141 e. The molecule has 0 radical (unpaired) electrons. The van der Waals surface area contributed by atoms with Crippen molar-refractivity contribution in [2.45, 2.75) is 19.4 Å². The first kappa shape index (κ1) is 15.9. The minimum absolute atomic E-state index is 0.0846. The van der Waals surface area contributed by atoms with Crippen LogP contribution in [0.5, 0.6) is 0 Å². The second kappa shape index (κ2) is 8.82. The molecular formula is C14H23N3OS. The molecule has 0 saturated heterocycles. The maximum Gasteiger partial charge on any atom is 0.141 e. The fourth-order valence-corrected chi connectivity index (χ4v) is 2.62. The molecule has 0 saturated carbocycles. The molecule has 0 bridgehead atoms. The maximum atomic E-state index is 8.72. The Labute approximate surface area is 119 Å². The first-order valence-electron chi connectivity index (χ1n) is 6.41. The van der Waals surface area contributed by atoms with Gasteiger partial charge in [-0.05, 0) is 30.0 Å². The fourth-order valence-electron chi connectivity index (χ4n) is 1.93. The zero-order valence-corrected chi connectivity index (χ0v) is 12.4. The van der Waals surface area contributed by atoms with Gasteiger partial charge in [0.1, 0.15) is 5.84 Å². The third-order valence-corrected chi connectivity index (χ3v) is 3.81. The molecule has 0 aromatic heterocycles. The molecule has 0 fully saturated rings. The van der Waals surface area contributed by atoms with E-state index in [1.807, 2.05) is 30.0 Å². The summed E-state index contributed by atoms with van der Waals surface area (Å²) in [7, 11) is 0. The second-order valence-electron chi connectivity index (χ2n) is 4.73. The van der Waals surface area contributed by atoms with Crippen molar-refractivity contribution in [3.63, 3.8) is 0 Å². The largest absolute Gasteiger partial charge is 0.409 e. The number of hydrogen-bond acceptors (Lipinski definition) is 4. The van der Waals surface area contributed by atoms with Crippen molar-refractivity contribution in [3.05, 3.63) is 35.9 Å². The predicted octanol–water partition coefficient (Wildman–Crippen LogP) is 2.45. The number of amidine groups is 1. The summed E-state index contributed by atoms with van der Waals surface area (Å²) in [4.78, 5) is 0. The van der Waals surface area contributed by atoms with Crippen molar-refractivity contribution < 1.29 is 5.21 Å². The number of nitrogens with one attached hydrogen (secondary N) is 1. The van der Waals surface area contributed by atoms with Gasteiger partial charge in [0.2, 0.25) is 0 Å². The van der Waals surface area contributed by atoms with Crippen molar-refractivity contribution in [2.24, 2.45) is 16.8 Å². The number of rotatable bonds is 8. The average molecular weight is 281 g/mol. The molecule has 1 rings (SSSR count). The maximum absolute atomic E-state index is 8.72. The molecule has 2 unspecified atom stereocenters. The van der Waals surface area contributed by atoms with Gasteiger partial charge in [-0.1, -0.05) is 42.4 Å². The van der Waals surface area contributed by atoms with Gasteiger partial charge in [-0.2, -0.15) is 11.8 Å². The lowest BCUT2D eigenvalue weighted by Gasteiger charge is -2.21. The summed E-state index contributed by atoms with van der Waals surface area (Å²) in [5.74, 6) is 1.96. The number of thioether (sulfide) groups is 1. The Morgan fingerprint density at radius 2 is 2.11 bits per heavy atom. The molecule has 0 aliphatic heterocycles. The highest BCUT2D eigenvalue weighted by Gasteiger charge is 2.14. The summed E-state index contributed by atoms with van der Waals surface area (Å²) in [6.07, 6.45) is 2.62. The highest BCUT2D eigenvalue weighted by Crippen LogP contribution is 2.17. The molecule has 1 aromatic rings. The zero-order valence-electron chi connectivity index (χ0n) is 11.5. The SMILES string of the molecule is CSCC(C)CNC(CC(N)=NO)c1ccccc1. The van der Waals surface area contributed by atoms with Crippen LogP contribution in [0, 0.1) is 5.92 Å². The van der Waals surface area contributed by atoms with Crippen LogP contribution in [0.15, 0.2) is 35.5 Å². The van der Waals surface area contributed by atoms with Gasteiger partial charge in [0, 0.05) is 12.5 Å². The van der Waals surface area contributed by atoms with Gasteiger partial charge in [-0.3, -0.25) is 0 Å². The molecule has 5 heteroatoms. The number of benzene rings is 1. The van der Waals surface area contributed by atoms with Crippen molar-refractivity contribution in [1.29, 1.82) is 0 Å². The summed E-state index contributed by atoms with van der Waals surface area (Å²) in [5.41, 5.74) is 6.79. The van der Waals surface area contributed by atoms with Crippen LogP contribution in [-0.4, -0.2) is 29.6 Å². The molecule has 0 heterocycles. The normalized spacial score (nSPS) is 15.2. The molecule has 2 atom stereocenters. The minimum atomic E-state index is 0.0846. The predicted molar refractivity (Wildman–Crippen MR) is 82.8 cm³/mol. The van der Waals surface area contributed by atoms with E-state index in [1.54, 1.807) is 0 Å². The molecular weight excluding hydrogens is 258 g/mol. The Bertz CT molecular complexity index is 384. The molecule has 0 aliphatic carbocycles. The lowest BCUT2D eigenvalue weighted by molar-refractivity contribution is 0.315. The summed E-state index contributed by atoms with van der Waals surface area (Å²) < 4.78 is 0. The van der Waals surface area contributed by atoms with Gasteiger partial charge in [0.15, 0.2) is 0 Å².